The molecular weight excluding hydrogens is 307 g/mol. The third-order valence-electron chi connectivity index (χ3n) is 3.38. The summed E-state index contributed by atoms with van der Waals surface area (Å²) in [6.07, 6.45) is 9.31. The second kappa shape index (κ2) is 10.8. The Morgan fingerprint density at radius 3 is 2.13 bits per heavy atom. The van der Waals surface area contributed by atoms with Gasteiger partial charge < -0.3 is 9.26 Å². The van der Waals surface area contributed by atoms with Crippen molar-refractivity contribution in [2.75, 3.05) is 6.61 Å². The quantitative estimate of drug-likeness (QED) is 0.414. The topological polar surface area (TPSA) is 35.5 Å². The van der Waals surface area contributed by atoms with Gasteiger partial charge in [-0.05, 0) is 42.0 Å². The lowest BCUT2D eigenvalue weighted by atomic mass is 9.91. The number of allylic oxidation sites excluding steroid dienone is 3. The van der Waals surface area contributed by atoms with Crippen LogP contribution in [0.1, 0.15) is 22.3 Å². The monoisotopic (exact) mass is 332 g/mol. The molecule has 0 heterocycles. The van der Waals surface area contributed by atoms with Crippen molar-refractivity contribution in [3.63, 3.8) is 0 Å². The Hall–Kier alpha value is -1.83. The lowest BCUT2D eigenvalue weighted by Crippen LogP contribution is -2.08. The summed E-state index contributed by atoms with van der Waals surface area (Å²) < 4.78 is 21.9. The Morgan fingerprint density at radius 2 is 1.57 bits per heavy atom. The summed E-state index contributed by atoms with van der Waals surface area (Å²) in [4.78, 5) is 0. The van der Waals surface area contributed by atoms with Crippen LogP contribution in [0.25, 0.3) is 0 Å². The largest absolute Gasteiger partial charge is 0.489 e. The van der Waals surface area contributed by atoms with E-state index in [4.69, 9.17) is 9.26 Å². The first-order valence-corrected chi connectivity index (χ1v) is 8.45. The van der Waals surface area contributed by atoms with Crippen LogP contribution in [0.4, 0.5) is 0 Å². The van der Waals surface area contributed by atoms with Gasteiger partial charge in [-0.15, -0.1) is 19.7 Å². The van der Waals surface area contributed by atoms with Gasteiger partial charge in [0.1, 0.15) is 12.4 Å². The lowest BCUT2D eigenvalue weighted by Gasteiger charge is -2.21. The van der Waals surface area contributed by atoms with Crippen LogP contribution in [0, 0.1) is 0 Å². The molecule has 0 aliphatic heterocycles. The van der Waals surface area contributed by atoms with E-state index in [0.717, 1.165) is 28.0 Å². The fourth-order valence-corrected chi connectivity index (χ4v) is 2.78. The molecular formula is C19H25O3P. The number of hydrogen-bond donors (Lipinski definition) is 0. The van der Waals surface area contributed by atoms with Gasteiger partial charge in [0.2, 0.25) is 0 Å². The van der Waals surface area contributed by atoms with Gasteiger partial charge in [-0.25, -0.2) is 0 Å². The molecule has 0 aliphatic rings. The molecule has 1 rings (SSSR count). The van der Waals surface area contributed by atoms with E-state index < -0.39 is 8.69 Å². The minimum absolute atomic E-state index is 0.317. The summed E-state index contributed by atoms with van der Waals surface area (Å²) in [5.74, 6) is 0.847. The highest BCUT2D eigenvalue weighted by molar-refractivity contribution is 7.17. The summed E-state index contributed by atoms with van der Waals surface area (Å²) in [5, 5.41) is 0. The van der Waals surface area contributed by atoms with E-state index in [0.29, 0.717) is 32.5 Å². The van der Waals surface area contributed by atoms with Gasteiger partial charge in [0.05, 0.1) is 6.61 Å². The van der Waals surface area contributed by atoms with E-state index in [-0.39, 0.29) is 0 Å². The first-order valence-electron chi connectivity index (χ1n) is 7.51. The van der Waals surface area contributed by atoms with Crippen LogP contribution < -0.4 is 4.74 Å². The Kier molecular flexibility index (Phi) is 9.04. The fraction of sp³-hybridized carbons (Fsp3) is 0.263. The normalized spacial score (nSPS) is 10.6. The molecule has 0 radical (unpaired) electrons. The van der Waals surface area contributed by atoms with Crippen molar-refractivity contribution in [3.05, 3.63) is 78.9 Å². The molecule has 23 heavy (non-hydrogen) atoms. The molecule has 1 aromatic carbocycles. The van der Waals surface area contributed by atoms with Crippen molar-refractivity contribution in [3.8, 4) is 5.75 Å². The molecule has 0 bridgehead atoms. The maximum Gasteiger partial charge on any atom is 0.180 e. The van der Waals surface area contributed by atoms with Gasteiger partial charge >= 0.3 is 0 Å². The molecule has 0 saturated carbocycles. The zero-order valence-electron chi connectivity index (χ0n) is 13.6. The van der Waals surface area contributed by atoms with E-state index >= 15 is 0 Å². The van der Waals surface area contributed by atoms with Gasteiger partial charge in [0.15, 0.2) is 8.69 Å². The second-order valence-electron chi connectivity index (χ2n) is 4.97. The third kappa shape index (κ3) is 5.38. The Labute approximate surface area is 140 Å². The van der Waals surface area contributed by atoms with E-state index in [1.807, 2.05) is 24.3 Å². The summed E-state index contributed by atoms with van der Waals surface area (Å²) >= 11 is 0. The Balaban J connectivity index is 3.54. The van der Waals surface area contributed by atoms with Crippen molar-refractivity contribution in [1.82, 2.24) is 0 Å². The maximum absolute atomic E-state index is 10.8. The Morgan fingerprint density at radius 1 is 0.913 bits per heavy atom. The van der Waals surface area contributed by atoms with E-state index in [1.165, 1.54) is 0 Å². The summed E-state index contributed by atoms with van der Waals surface area (Å²) in [7, 11) is -1.24. The molecule has 0 aliphatic carbocycles. The van der Waals surface area contributed by atoms with Crippen LogP contribution in [-0.2, 0) is 35.0 Å². The lowest BCUT2D eigenvalue weighted by molar-refractivity contribution is 0.329. The number of hydrogen-bond acceptors (Lipinski definition) is 3. The zero-order valence-corrected chi connectivity index (χ0v) is 14.7. The summed E-state index contributed by atoms with van der Waals surface area (Å²) in [5.41, 5.74) is 4.21. The van der Waals surface area contributed by atoms with Crippen LogP contribution in [0.15, 0.2) is 56.7 Å². The van der Waals surface area contributed by atoms with Gasteiger partial charge in [0.25, 0.3) is 0 Å². The van der Waals surface area contributed by atoms with Gasteiger partial charge in [-0.1, -0.05) is 30.9 Å². The van der Waals surface area contributed by atoms with E-state index in [9.17, 15) is 4.57 Å². The van der Waals surface area contributed by atoms with Crippen molar-refractivity contribution in [2.24, 2.45) is 0 Å². The molecule has 1 atom stereocenters. The second-order valence-corrected chi connectivity index (χ2v) is 5.49. The van der Waals surface area contributed by atoms with E-state index in [1.54, 1.807) is 6.08 Å². The molecule has 0 fully saturated rings. The molecule has 4 heteroatoms. The number of ether oxygens (including phenoxy) is 1. The van der Waals surface area contributed by atoms with Crippen molar-refractivity contribution < 1.29 is 13.8 Å². The molecule has 124 valence electrons. The SMILES string of the molecule is C=CCOc1c(CC=C)cc(CO[PH2]=O)c(CC=C)c1CC=C. The predicted octanol–water partition coefficient (Wildman–Crippen LogP) is 4.62. The minimum Gasteiger partial charge on any atom is -0.489 e. The number of rotatable bonds is 12. The summed E-state index contributed by atoms with van der Waals surface area (Å²) in [6, 6.07) is 2.04. The van der Waals surface area contributed by atoms with Crippen LogP contribution in [0.3, 0.4) is 0 Å². The first kappa shape index (κ1) is 19.2. The predicted molar refractivity (Wildman–Crippen MR) is 99.0 cm³/mol. The Bertz CT molecular complexity index is 591. The molecule has 0 saturated heterocycles. The van der Waals surface area contributed by atoms with Crippen LogP contribution >= 0.6 is 8.69 Å². The fourth-order valence-electron chi connectivity index (χ4n) is 2.53. The first-order chi connectivity index (χ1) is 11.2. The average molecular weight is 332 g/mol. The molecule has 3 nitrogen and oxygen atoms in total. The van der Waals surface area contributed by atoms with Crippen molar-refractivity contribution in [1.29, 1.82) is 0 Å². The van der Waals surface area contributed by atoms with E-state index in [2.05, 4.69) is 26.3 Å². The molecule has 0 N–H and O–H groups in total. The summed E-state index contributed by atoms with van der Waals surface area (Å²) in [6.45, 7) is 16.0. The highest BCUT2D eigenvalue weighted by Crippen LogP contribution is 2.33. The number of benzene rings is 1. The zero-order chi connectivity index (χ0) is 17.1. The van der Waals surface area contributed by atoms with Crippen molar-refractivity contribution >= 4 is 8.69 Å². The highest BCUT2D eigenvalue weighted by Gasteiger charge is 2.17. The standard InChI is InChI=1S/C19H25O3P/c1-5-9-15-13-16(14-22-23-20)17(10-6-2)18(11-7-3)19(15)21-12-8-4/h5-8,13H,1-4,9-12,14,23H2. The highest BCUT2D eigenvalue weighted by atomic mass is 31.1. The van der Waals surface area contributed by atoms with Crippen LogP contribution in [0.5, 0.6) is 5.75 Å². The molecule has 1 unspecified atom stereocenters. The molecule has 0 aromatic heterocycles. The molecule has 0 spiro atoms. The minimum atomic E-state index is -1.24. The molecule has 0 amide bonds. The van der Waals surface area contributed by atoms with Crippen LogP contribution in [0.2, 0.25) is 0 Å². The van der Waals surface area contributed by atoms with Gasteiger partial charge in [-0.2, -0.15) is 0 Å². The maximum atomic E-state index is 10.8. The van der Waals surface area contributed by atoms with Gasteiger partial charge in [-0.3, -0.25) is 4.57 Å². The van der Waals surface area contributed by atoms with Crippen LogP contribution in [-0.4, -0.2) is 6.61 Å². The molecule has 1 aromatic rings. The smallest absolute Gasteiger partial charge is 0.180 e. The van der Waals surface area contributed by atoms with Crippen molar-refractivity contribution in [2.45, 2.75) is 25.9 Å². The average Bonchev–Trinajstić information content (AvgIpc) is 2.55. The van der Waals surface area contributed by atoms with Gasteiger partial charge in [0, 0.05) is 5.56 Å². The third-order valence-corrected chi connectivity index (χ3v) is 3.68.